The minimum atomic E-state index is -0.413. The van der Waals surface area contributed by atoms with Crippen molar-refractivity contribution in [2.75, 3.05) is 6.61 Å². The van der Waals surface area contributed by atoms with E-state index < -0.39 is 4.92 Å². The zero-order valence-electron chi connectivity index (χ0n) is 15.6. The van der Waals surface area contributed by atoms with Gasteiger partial charge in [0.05, 0.1) is 23.1 Å². The van der Waals surface area contributed by atoms with E-state index >= 15 is 0 Å². The number of hydrogen-bond acceptors (Lipinski definition) is 6. The van der Waals surface area contributed by atoms with Gasteiger partial charge >= 0.3 is 0 Å². The van der Waals surface area contributed by atoms with Gasteiger partial charge in [0.2, 0.25) is 0 Å². The van der Waals surface area contributed by atoms with Gasteiger partial charge in [0.25, 0.3) is 5.69 Å². The van der Waals surface area contributed by atoms with Gasteiger partial charge in [0.15, 0.2) is 0 Å². The van der Waals surface area contributed by atoms with Gasteiger partial charge in [-0.2, -0.15) is 5.48 Å². The maximum Gasteiger partial charge on any atom is 0.274 e. The molecule has 1 unspecified atom stereocenters. The molecule has 0 bridgehead atoms. The Balaban J connectivity index is 1.34. The molecule has 1 aliphatic rings. The molecule has 0 amide bonds. The minimum absolute atomic E-state index is 0.0394. The normalized spacial score (nSPS) is 14.8. The lowest BCUT2D eigenvalue weighted by Gasteiger charge is -2.12. The summed E-state index contributed by atoms with van der Waals surface area (Å²) in [5.41, 5.74) is 5.54. The molecule has 0 saturated heterocycles. The molecule has 1 heterocycles. The third-order valence-corrected chi connectivity index (χ3v) is 4.66. The zero-order chi connectivity index (χ0) is 20.1. The SMILES string of the molecule is O=[N+]([O-])c1ccccc1CONC1COc2cc(OCc3ccccc3)ccc21. The molecule has 0 radical (unpaired) electrons. The first-order valence-corrected chi connectivity index (χ1v) is 9.24. The number of hydrogen-bond donors (Lipinski definition) is 1. The van der Waals surface area contributed by atoms with Crippen LogP contribution in [0.1, 0.15) is 22.7 Å². The monoisotopic (exact) mass is 392 g/mol. The van der Waals surface area contributed by atoms with Crippen LogP contribution in [0.5, 0.6) is 11.5 Å². The zero-order valence-corrected chi connectivity index (χ0v) is 15.6. The van der Waals surface area contributed by atoms with Crippen LogP contribution in [0.2, 0.25) is 0 Å². The number of benzene rings is 3. The van der Waals surface area contributed by atoms with Gasteiger partial charge in [-0.3, -0.25) is 15.0 Å². The number of rotatable bonds is 8. The number of fused-ring (bicyclic) bond motifs is 1. The first-order valence-electron chi connectivity index (χ1n) is 9.24. The lowest BCUT2D eigenvalue weighted by Crippen LogP contribution is -2.22. The maximum absolute atomic E-state index is 11.1. The largest absolute Gasteiger partial charge is 0.491 e. The molecule has 4 rings (SSSR count). The molecule has 148 valence electrons. The van der Waals surface area contributed by atoms with Crippen LogP contribution in [0.4, 0.5) is 5.69 Å². The van der Waals surface area contributed by atoms with Crippen molar-refractivity contribution in [3.63, 3.8) is 0 Å². The van der Waals surface area contributed by atoms with Gasteiger partial charge < -0.3 is 9.47 Å². The Bertz CT molecular complexity index is 994. The van der Waals surface area contributed by atoms with Crippen LogP contribution in [0.3, 0.4) is 0 Å². The predicted octanol–water partition coefficient (Wildman–Crippen LogP) is 4.33. The number of nitro groups is 1. The molecule has 3 aromatic carbocycles. The summed E-state index contributed by atoms with van der Waals surface area (Å²) in [5.74, 6) is 1.47. The van der Waals surface area contributed by atoms with Crippen LogP contribution < -0.4 is 15.0 Å². The Morgan fingerprint density at radius 1 is 1.03 bits per heavy atom. The van der Waals surface area contributed by atoms with E-state index in [1.54, 1.807) is 18.2 Å². The van der Waals surface area contributed by atoms with Crippen molar-refractivity contribution in [1.82, 2.24) is 5.48 Å². The fourth-order valence-corrected chi connectivity index (χ4v) is 3.15. The fourth-order valence-electron chi connectivity index (χ4n) is 3.15. The highest BCUT2D eigenvalue weighted by molar-refractivity contribution is 5.45. The molecule has 0 aromatic heterocycles. The Labute approximate surface area is 167 Å². The van der Waals surface area contributed by atoms with Crippen LogP contribution in [-0.2, 0) is 18.1 Å². The van der Waals surface area contributed by atoms with Crippen molar-refractivity contribution in [1.29, 1.82) is 0 Å². The number of hydroxylamine groups is 1. The van der Waals surface area contributed by atoms with Gasteiger partial charge in [0, 0.05) is 17.7 Å². The smallest absolute Gasteiger partial charge is 0.274 e. The minimum Gasteiger partial charge on any atom is -0.491 e. The molecule has 0 saturated carbocycles. The molecule has 7 nitrogen and oxygen atoms in total. The quantitative estimate of drug-likeness (QED) is 0.454. The summed E-state index contributed by atoms with van der Waals surface area (Å²) in [7, 11) is 0. The molecule has 1 atom stereocenters. The number of nitrogens with one attached hydrogen (secondary N) is 1. The van der Waals surface area contributed by atoms with Crippen LogP contribution in [0, 0.1) is 10.1 Å². The second-order valence-electron chi connectivity index (χ2n) is 6.63. The maximum atomic E-state index is 11.1. The molecule has 3 aromatic rings. The number of nitrogens with zero attached hydrogens (tertiary/aromatic N) is 1. The van der Waals surface area contributed by atoms with Gasteiger partial charge in [-0.1, -0.05) is 42.5 Å². The van der Waals surface area contributed by atoms with Crippen molar-refractivity contribution in [3.05, 3.63) is 99.6 Å². The first-order chi connectivity index (χ1) is 14.2. The van der Waals surface area contributed by atoms with Crippen LogP contribution >= 0.6 is 0 Å². The van der Waals surface area contributed by atoms with Gasteiger partial charge in [-0.25, -0.2) is 0 Å². The Hall–Kier alpha value is -3.42. The Morgan fingerprint density at radius 3 is 2.66 bits per heavy atom. The van der Waals surface area contributed by atoms with E-state index in [9.17, 15) is 10.1 Å². The van der Waals surface area contributed by atoms with E-state index in [-0.39, 0.29) is 18.3 Å². The highest BCUT2D eigenvalue weighted by Gasteiger charge is 2.25. The van der Waals surface area contributed by atoms with Crippen molar-refractivity contribution in [2.24, 2.45) is 0 Å². The molecule has 1 N–H and O–H groups in total. The van der Waals surface area contributed by atoms with Crippen molar-refractivity contribution in [3.8, 4) is 11.5 Å². The second-order valence-corrected chi connectivity index (χ2v) is 6.63. The van der Waals surface area contributed by atoms with E-state index in [1.165, 1.54) is 6.07 Å². The fraction of sp³-hybridized carbons (Fsp3) is 0.182. The van der Waals surface area contributed by atoms with E-state index in [0.717, 1.165) is 22.6 Å². The van der Waals surface area contributed by atoms with Crippen LogP contribution in [0.25, 0.3) is 0 Å². The van der Waals surface area contributed by atoms with Crippen LogP contribution in [0.15, 0.2) is 72.8 Å². The van der Waals surface area contributed by atoms with Crippen molar-refractivity contribution >= 4 is 5.69 Å². The average molecular weight is 392 g/mol. The van der Waals surface area contributed by atoms with E-state index in [4.69, 9.17) is 14.3 Å². The lowest BCUT2D eigenvalue weighted by molar-refractivity contribution is -0.386. The topological polar surface area (TPSA) is 82.9 Å². The number of ether oxygens (including phenoxy) is 2. The second kappa shape index (κ2) is 8.72. The first kappa shape index (κ1) is 18.9. The summed E-state index contributed by atoms with van der Waals surface area (Å²) in [6.45, 7) is 0.982. The summed E-state index contributed by atoms with van der Waals surface area (Å²) in [6.07, 6.45) is 0. The summed E-state index contributed by atoms with van der Waals surface area (Å²) < 4.78 is 11.6. The van der Waals surface area contributed by atoms with Gasteiger partial charge in [-0.05, 0) is 23.8 Å². The number of nitro benzene ring substituents is 1. The average Bonchev–Trinajstić information content (AvgIpc) is 3.15. The van der Waals surface area contributed by atoms with E-state index in [0.29, 0.717) is 18.8 Å². The van der Waals surface area contributed by atoms with Crippen molar-refractivity contribution in [2.45, 2.75) is 19.3 Å². The number of para-hydroxylation sites is 1. The standard InChI is InChI=1S/C22H20N2O5/c25-24(26)21-9-5-4-8-17(21)14-29-23-20-15-28-22-12-18(10-11-19(20)22)27-13-16-6-2-1-3-7-16/h1-12,20,23H,13-15H2. The molecule has 7 heteroatoms. The highest BCUT2D eigenvalue weighted by Crippen LogP contribution is 2.35. The summed E-state index contributed by atoms with van der Waals surface area (Å²) in [5, 5.41) is 11.1. The Kier molecular flexibility index (Phi) is 5.69. The molecule has 0 fully saturated rings. The summed E-state index contributed by atoms with van der Waals surface area (Å²) in [4.78, 5) is 16.2. The molecule has 1 aliphatic heterocycles. The molecular weight excluding hydrogens is 372 g/mol. The predicted molar refractivity (Wildman–Crippen MR) is 106 cm³/mol. The lowest BCUT2D eigenvalue weighted by atomic mass is 10.1. The third kappa shape index (κ3) is 4.53. The van der Waals surface area contributed by atoms with Crippen molar-refractivity contribution < 1.29 is 19.2 Å². The van der Waals surface area contributed by atoms with Crippen LogP contribution in [-0.4, -0.2) is 11.5 Å². The van der Waals surface area contributed by atoms with E-state index in [1.807, 2.05) is 48.5 Å². The summed E-state index contributed by atoms with van der Waals surface area (Å²) in [6, 6.07) is 22.0. The Morgan fingerprint density at radius 2 is 1.83 bits per heavy atom. The molecular formula is C22H20N2O5. The van der Waals surface area contributed by atoms with Gasteiger partial charge in [0.1, 0.15) is 24.7 Å². The molecule has 0 aliphatic carbocycles. The molecule has 29 heavy (non-hydrogen) atoms. The summed E-state index contributed by atoms with van der Waals surface area (Å²) >= 11 is 0. The third-order valence-electron chi connectivity index (χ3n) is 4.66. The molecule has 0 spiro atoms. The van der Waals surface area contributed by atoms with Gasteiger partial charge in [-0.15, -0.1) is 0 Å². The highest BCUT2D eigenvalue weighted by atomic mass is 16.7. The van der Waals surface area contributed by atoms with E-state index in [2.05, 4.69) is 5.48 Å².